The lowest BCUT2D eigenvalue weighted by atomic mass is 10.1. The van der Waals surface area contributed by atoms with Gasteiger partial charge >= 0.3 is 0 Å². The number of hydrogen-bond acceptors (Lipinski definition) is 4. The summed E-state index contributed by atoms with van der Waals surface area (Å²) in [5.74, 6) is 0.0261. The molecule has 0 aliphatic carbocycles. The number of nitrogens with one attached hydrogen (secondary N) is 2. The van der Waals surface area contributed by atoms with Crippen LogP contribution >= 0.6 is 35.4 Å². The molecule has 3 N–H and O–H groups in total. The molecule has 2 heterocycles. The molecule has 0 saturated heterocycles. The van der Waals surface area contributed by atoms with Gasteiger partial charge in [0.2, 0.25) is 0 Å². The average Bonchev–Trinajstić information content (AvgIpc) is 2.45. The Hall–Kier alpha value is -1.34. The van der Waals surface area contributed by atoms with Crippen molar-refractivity contribution in [1.82, 2.24) is 14.9 Å². The van der Waals surface area contributed by atoms with Gasteiger partial charge in [-0.05, 0) is 24.4 Å². The van der Waals surface area contributed by atoms with Gasteiger partial charge in [-0.3, -0.25) is 14.7 Å². The molecule has 5 nitrogen and oxygen atoms in total. The topological polar surface area (TPSA) is 72.1 Å². The molecular weight excluding hydrogens is 345 g/mol. The molecule has 0 amide bonds. The Bertz CT molecular complexity index is 847. The fraction of sp³-hybridized carbons (Fsp3) is 0.286. The Morgan fingerprint density at radius 3 is 2.86 bits per heavy atom. The minimum absolute atomic E-state index is 0.0261. The molecule has 2 aromatic rings. The molecule has 0 bridgehead atoms. The van der Waals surface area contributed by atoms with Gasteiger partial charge in [0, 0.05) is 42.3 Å². The summed E-state index contributed by atoms with van der Waals surface area (Å²) < 4.78 is 0.344. The molecular formula is C14H13Cl2N3O2S. The monoisotopic (exact) mass is 357 g/mol. The minimum Gasteiger partial charge on any atom is -0.506 e. The van der Waals surface area contributed by atoms with Crippen LogP contribution in [0.3, 0.4) is 0 Å². The zero-order chi connectivity index (χ0) is 15.9. The van der Waals surface area contributed by atoms with Crippen LogP contribution in [0.4, 0.5) is 0 Å². The van der Waals surface area contributed by atoms with Crippen LogP contribution in [-0.4, -0.2) is 26.5 Å². The number of H-pyrrole nitrogens is 2. The molecule has 0 atom stereocenters. The highest BCUT2D eigenvalue weighted by Crippen LogP contribution is 2.32. The van der Waals surface area contributed by atoms with E-state index in [0.717, 1.165) is 12.2 Å². The highest BCUT2D eigenvalue weighted by molar-refractivity contribution is 7.71. The first-order valence-corrected chi connectivity index (χ1v) is 7.84. The smallest absolute Gasteiger partial charge is 0.256 e. The second kappa shape index (κ2) is 6.04. The summed E-state index contributed by atoms with van der Waals surface area (Å²) in [4.78, 5) is 19.7. The van der Waals surface area contributed by atoms with E-state index >= 15 is 0 Å². The number of rotatable bonds is 2. The summed E-state index contributed by atoms with van der Waals surface area (Å²) in [7, 11) is 0. The summed E-state index contributed by atoms with van der Waals surface area (Å²) in [6.07, 6.45) is 0.692. The van der Waals surface area contributed by atoms with Crippen molar-refractivity contribution in [3.63, 3.8) is 0 Å². The number of aromatic amines is 2. The first-order valence-electron chi connectivity index (χ1n) is 6.67. The van der Waals surface area contributed by atoms with Crippen molar-refractivity contribution in [2.45, 2.75) is 19.5 Å². The van der Waals surface area contributed by atoms with Gasteiger partial charge in [0.05, 0.1) is 10.6 Å². The van der Waals surface area contributed by atoms with Crippen molar-refractivity contribution in [1.29, 1.82) is 0 Å². The maximum atomic E-state index is 12.0. The SMILES string of the molecule is O=c1[nH]c(=S)[nH]c2c1CN(Cc1cc(Cl)cc(Cl)c1O)CC2. The molecule has 1 aliphatic heterocycles. The standard InChI is InChI=1S/C14H13Cl2N3O2S/c15-8-3-7(12(20)10(16)4-8)5-19-2-1-11-9(6-19)13(21)18-14(22)17-11/h3-4,20H,1-2,5-6H2,(H2,17,18,21,22). The zero-order valence-corrected chi connectivity index (χ0v) is 13.8. The highest BCUT2D eigenvalue weighted by atomic mass is 35.5. The third-order valence-corrected chi connectivity index (χ3v) is 4.40. The van der Waals surface area contributed by atoms with E-state index in [2.05, 4.69) is 14.9 Å². The molecule has 0 saturated carbocycles. The lowest BCUT2D eigenvalue weighted by Gasteiger charge is -2.28. The summed E-state index contributed by atoms with van der Waals surface area (Å²) in [6.45, 7) is 1.67. The number of phenolic OH excluding ortho intramolecular Hbond substituents is 1. The van der Waals surface area contributed by atoms with Crippen molar-refractivity contribution in [3.8, 4) is 5.75 Å². The first-order chi connectivity index (χ1) is 10.4. The van der Waals surface area contributed by atoms with Crippen LogP contribution in [0.5, 0.6) is 5.75 Å². The Kier molecular flexibility index (Phi) is 4.27. The average molecular weight is 358 g/mol. The number of fused-ring (bicyclic) bond motifs is 1. The predicted octanol–water partition coefficient (Wildman–Crippen LogP) is 3.00. The number of aromatic hydroxyl groups is 1. The van der Waals surface area contributed by atoms with Crippen molar-refractivity contribution < 1.29 is 5.11 Å². The minimum atomic E-state index is -0.170. The van der Waals surface area contributed by atoms with Crippen LogP contribution in [-0.2, 0) is 19.5 Å². The summed E-state index contributed by atoms with van der Waals surface area (Å²) in [6, 6.07) is 3.18. The van der Waals surface area contributed by atoms with Crippen LogP contribution < -0.4 is 5.56 Å². The van der Waals surface area contributed by atoms with Crippen molar-refractivity contribution >= 4 is 35.4 Å². The molecule has 0 radical (unpaired) electrons. The summed E-state index contributed by atoms with van der Waals surface area (Å²) in [5.41, 5.74) is 2.02. The zero-order valence-electron chi connectivity index (χ0n) is 11.4. The number of phenols is 1. The molecule has 1 aromatic carbocycles. The first kappa shape index (κ1) is 15.6. The fourth-order valence-electron chi connectivity index (χ4n) is 2.63. The van der Waals surface area contributed by atoms with Crippen LogP contribution in [0.1, 0.15) is 16.8 Å². The molecule has 116 valence electrons. The van der Waals surface area contributed by atoms with Gasteiger partial charge in [-0.1, -0.05) is 23.2 Å². The Morgan fingerprint density at radius 1 is 1.32 bits per heavy atom. The summed E-state index contributed by atoms with van der Waals surface area (Å²) >= 11 is 16.9. The van der Waals surface area contributed by atoms with Gasteiger partial charge in [-0.2, -0.15) is 0 Å². The summed E-state index contributed by atoms with van der Waals surface area (Å²) in [5, 5.41) is 10.7. The van der Waals surface area contributed by atoms with Crippen LogP contribution in [0.15, 0.2) is 16.9 Å². The lowest BCUT2D eigenvalue weighted by Crippen LogP contribution is -2.35. The Balaban J connectivity index is 1.87. The predicted molar refractivity (Wildman–Crippen MR) is 88.2 cm³/mol. The normalized spacial score (nSPS) is 14.8. The fourth-order valence-corrected chi connectivity index (χ4v) is 3.38. The maximum Gasteiger partial charge on any atom is 0.256 e. The second-order valence-electron chi connectivity index (χ2n) is 5.22. The molecule has 1 aliphatic rings. The number of hydrogen-bond donors (Lipinski definition) is 3. The van der Waals surface area contributed by atoms with Gasteiger partial charge in [0.15, 0.2) is 4.77 Å². The van der Waals surface area contributed by atoms with Gasteiger partial charge in [-0.25, -0.2) is 0 Å². The molecule has 0 unspecified atom stereocenters. The van der Waals surface area contributed by atoms with Crippen molar-refractivity contribution in [3.05, 3.63) is 54.1 Å². The second-order valence-corrected chi connectivity index (χ2v) is 6.47. The number of nitrogens with zero attached hydrogens (tertiary/aromatic N) is 1. The molecule has 1 aromatic heterocycles. The van der Waals surface area contributed by atoms with Gasteiger partial charge in [-0.15, -0.1) is 0 Å². The van der Waals surface area contributed by atoms with Gasteiger partial charge < -0.3 is 10.1 Å². The molecule has 3 rings (SSSR count). The number of halogens is 2. The third kappa shape index (κ3) is 3.05. The van der Waals surface area contributed by atoms with E-state index in [-0.39, 0.29) is 16.3 Å². The van der Waals surface area contributed by atoms with Gasteiger partial charge in [0.25, 0.3) is 5.56 Å². The van der Waals surface area contributed by atoms with Crippen molar-refractivity contribution in [2.24, 2.45) is 0 Å². The van der Waals surface area contributed by atoms with E-state index in [1.54, 1.807) is 6.07 Å². The quantitative estimate of drug-likeness (QED) is 0.722. The number of benzene rings is 1. The lowest BCUT2D eigenvalue weighted by molar-refractivity contribution is 0.238. The molecule has 0 spiro atoms. The molecule has 8 heteroatoms. The van der Waals surface area contributed by atoms with E-state index in [1.807, 2.05) is 0 Å². The largest absolute Gasteiger partial charge is 0.506 e. The van der Waals surface area contributed by atoms with Crippen molar-refractivity contribution in [2.75, 3.05) is 6.54 Å². The van der Waals surface area contributed by atoms with E-state index in [0.29, 0.717) is 40.4 Å². The van der Waals surface area contributed by atoms with Gasteiger partial charge in [0.1, 0.15) is 5.75 Å². The Morgan fingerprint density at radius 2 is 2.09 bits per heavy atom. The third-order valence-electron chi connectivity index (χ3n) is 3.69. The van der Waals surface area contributed by atoms with E-state index < -0.39 is 0 Å². The maximum absolute atomic E-state index is 12.0. The molecule has 0 fully saturated rings. The van der Waals surface area contributed by atoms with Crippen LogP contribution in [0, 0.1) is 4.77 Å². The number of aromatic nitrogens is 2. The van der Waals surface area contributed by atoms with E-state index in [9.17, 15) is 9.90 Å². The van der Waals surface area contributed by atoms with E-state index in [4.69, 9.17) is 35.4 Å². The molecule has 22 heavy (non-hydrogen) atoms. The van der Waals surface area contributed by atoms with Crippen LogP contribution in [0.2, 0.25) is 10.0 Å². The van der Waals surface area contributed by atoms with Crippen LogP contribution in [0.25, 0.3) is 0 Å². The Labute approximate surface area is 141 Å². The van der Waals surface area contributed by atoms with E-state index in [1.165, 1.54) is 6.07 Å². The highest BCUT2D eigenvalue weighted by Gasteiger charge is 2.21.